The largest absolute Gasteiger partial charge is 0.497 e. The molecule has 0 atom stereocenters. The van der Waals surface area contributed by atoms with Gasteiger partial charge in [0.15, 0.2) is 11.0 Å². The van der Waals surface area contributed by atoms with E-state index in [0.29, 0.717) is 0 Å². The standard InChI is InChI=1S/C17H16BrN3OS/c1-21-16(12-7-9-14(22-2)10-8-12)19-20-17(21)23-11-13-5-3-4-6-15(13)18/h3-10H,11H2,1-2H3. The van der Waals surface area contributed by atoms with E-state index >= 15 is 0 Å². The Balaban J connectivity index is 1.77. The zero-order valence-corrected chi connectivity index (χ0v) is 15.3. The highest BCUT2D eigenvalue weighted by Crippen LogP contribution is 2.28. The van der Waals surface area contributed by atoms with Crippen molar-refractivity contribution in [1.82, 2.24) is 14.8 Å². The van der Waals surface area contributed by atoms with Crippen LogP contribution in [0.25, 0.3) is 11.4 Å². The molecule has 0 saturated carbocycles. The molecule has 0 spiro atoms. The van der Waals surface area contributed by atoms with Crippen LogP contribution in [-0.4, -0.2) is 21.9 Å². The number of hydrogen-bond donors (Lipinski definition) is 0. The van der Waals surface area contributed by atoms with Gasteiger partial charge in [-0.15, -0.1) is 10.2 Å². The Bertz CT molecular complexity index is 802. The van der Waals surface area contributed by atoms with E-state index in [9.17, 15) is 0 Å². The number of methoxy groups -OCH3 is 1. The lowest BCUT2D eigenvalue weighted by Gasteiger charge is -2.06. The van der Waals surface area contributed by atoms with Crippen molar-refractivity contribution in [3.63, 3.8) is 0 Å². The molecule has 0 N–H and O–H groups in total. The molecule has 0 aliphatic heterocycles. The average Bonchev–Trinajstić information content (AvgIpc) is 2.95. The van der Waals surface area contributed by atoms with Gasteiger partial charge in [0.1, 0.15) is 5.75 Å². The fraction of sp³-hybridized carbons (Fsp3) is 0.176. The molecule has 118 valence electrons. The summed E-state index contributed by atoms with van der Waals surface area (Å²) in [5.41, 5.74) is 2.26. The van der Waals surface area contributed by atoms with Gasteiger partial charge in [0.2, 0.25) is 0 Å². The molecule has 3 rings (SSSR count). The maximum absolute atomic E-state index is 5.19. The van der Waals surface area contributed by atoms with Crippen molar-refractivity contribution < 1.29 is 4.74 Å². The van der Waals surface area contributed by atoms with Crippen molar-refractivity contribution in [1.29, 1.82) is 0 Å². The van der Waals surface area contributed by atoms with Gasteiger partial charge in [-0.3, -0.25) is 0 Å². The molecule has 3 aromatic rings. The Morgan fingerprint density at radius 1 is 1.09 bits per heavy atom. The fourth-order valence-electron chi connectivity index (χ4n) is 2.19. The highest BCUT2D eigenvalue weighted by Gasteiger charge is 2.12. The molecule has 0 aliphatic carbocycles. The summed E-state index contributed by atoms with van der Waals surface area (Å²) in [4.78, 5) is 0. The summed E-state index contributed by atoms with van der Waals surface area (Å²) >= 11 is 5.25. The van der Waals surface area contributed by atoms with Crippen LogP contribution in [0, 0.1) is 0 Å². The van der Waals surface area contributed by atoms with E-state index in [1.807, 2.05) is 48.0 Å². The lowest BCUT2D eigenvalue weighted by Crippen LogP contribution is -1.95. The van der Waals surface area contributed by atoms with E-state index in [4.69, 9.17) is 4.74 Å². The predicted molar refractivity (Wildman–Crippen MR) is 96.7 cm³/mol. The first-order valence-corrected chi connectivity index (χ1v) is 8.87. The van der Waals surface area contributed by atoms with E-state index in [0.717, 1.165) is 32.5 Å². The molecule has 0 fully saturated rings. The SMILES string of the molecule is COc1ccc(-c2nnc(SCc3ccccc3Br)n2C)cc1. The molecule has 4 nitrogen and oxygen atoms in total. The third-order valence-electron chi connectivity index (χ3n) is 3.50. The minimum atomic E-state index is 0.833. The minimum absolute atomic E-state index is 0.833. The Labute approximate surface area is 148 Å². The van der Waals surface area contributed by atoms with Crippen molar-refractivity contribution in [2.24, 2.45) is 7.05 Å². The maximum Gasteiger partial charge on any atom is 0.191 e. The molecule has 6 heteroatoms. The van der Waals surface area contributed by atoms with Crippen molar-refractivity contribution >= 4 is 27.7 Å². The molecule has 0 bridgehead atoms. The number of nitrogens with zero attached hydrogens (tertiary/aromatic N) is 3. The van der Waals surface area contributed by atoms with Gasteiger partial charge in [-0.05, 0) is 35.9 Å². The van der Waals surface area contributed by atoms with Crippen molar-refractivity contribution in [3.8, 4) is 17.1 Å². The summed E-state index contributed by atoms with van der Waals surface area (Å²) in [6.07, 6.45) is 0. The van der Waals surface area contributed by atoms with Crippen molar-refractivity contribution in [2.45, 2.75) is 10.9 Å². The molecule has 0 aliphatic rings. The van der Waals surface area contributed by atoms with Crippen LogP contribution in [0.2, 0.25) is 0 Å². The monoisotopic (exact) mass is 389 g/mol. The molecule has 0 unspecified atom stereocenters. The topological polar surface area (TPSA) is 39.9 Å². The molecular formula is C17H16BrN3OS. The quantitative estimate of drug-likeness (QED) is 0.600. The van der Waals surface area contributed by atoms with E-state index in [1.165, 1.54) is 5.56 Å². The highest BCUT2D eigenvalue weighted by atomic mass is 79.9. The van der Waals surface area contributed by atoms with Crippen LogP contribution in [0.3, 0.4) is 0 Å². The molecule has 0 amide bonds. The zero-order valence-electron chi connectivity index (χ0n) is 12.9. The predicted octanol–water partition coefficient (Wildman–Crippen LogP) is 4.55. The van der Waals surface area contributed by atoms with Crippen LogP contribution in [-0.2, 0) is 12.8 Å². The van der Waals surface area contributed by atoms with Crippen molar-refractivity contribution in [3.05, 3.63) is 58.6 Å². The molecule has 0 radical (unpaired) electrons. The summed E-state index contributed by atoms with van der Waals surface area (Å²) in [6, 6.07) is 16.1. The average molecular weight is 390 g/mol. The van der Waals surface area contributed by atoms with E-state index in [1.54, 1.807) is 18.9 Å². The molecule has 2 aromatic carbocycles. The molecule has 23 heavy (non-hydrogen) atoms. The first-order valence-electron chi connectivity index (χ1n) is 7.09. The van der Waals surface area contributed by atoms with E-state index in [-0.39, 0.29) is 0 Å². The summed E-state index contributed by atoms with van der Waals surface area (Å²) < 4.78 is 8.32. The Morgan fingerprint density at radius 3 is 2.52 bits per heavy atom. The van der Waals surface area contributed by atoms with Crippen LogP contribution in [0.4, 0.5) is 0 Å². The van der Waals surface area contributed by atoms with Gasteiger partial charge < -0.3 is 9.30 Å². The van der Waals surface area contributed by atoms with Gasteiger partial charge in [0.05, 0.1) is 7.11 Å². The molecular weight excluding hydrogens is 374 g/mol. The summed E-state index contributed by atoms with van der Waals surface area (Å²) in [7, 11) is 3.65. The number of thioether (sulfide) groups is 1. The normalized spacial score (nSPS) is 10.7. The second-order valence-electron chi connectivity index (χ2n) is 4.97. The second kappa shape index (κ2) is 7.19. The van der Waals surface area contributed by atoms with E-state index < -0.39 is 0 Å². The molecule has 0 saturated heterocycles. The highest BCUT2D eigenvalue weighted by molar-refractivity contribution is 9.10. The first kappa shape index (κ1) is 16.1. The zero-order chi connectivity index (χ0) is 16.2. The molecule has 1 heterocycles. The van der Waals surface area contributed by atoms with Gasteiger partial charge in [0, 0.05) is 22.8 Å². The van der Waals surface area contributed by atoms with Gasteiger partial charge in [-0.2, -0.15) is 0 Å². The van der Waals surface area contributed by atoms with Gasteiger partial charge in [-0.1, -0.05) is 45.9 Å². The molecule has 1 aromatic heterocycles. The van der Waals surface area contributed by atoms with Gasteiger partial charge in [0.25, 0.3) is 0 Å². The fourth-order valence-corrected chi connectivity index (χ4v) is 3.72. The third kappa shape index (κ3) is 3.59. The van der Waals surface area contributed by atoms with Crippen LogP contribution in [0.15, 0.2) is 58.2 Å². The van der Waals surface area contributed by atoms with Gasteiger partial charge in [-0.25, -0.2) is 0 Å². The summed E-state index contributed by atoms with van der Waals surface area (Å²) in [6.45, 7) is 0. The van der Waals surface area contributed by atoms with Crippen LogP contribution >= 0.6 is 27.7 Å². The Morgan fingerprint density at radius 2 is 1.83 bits per heavy atom. The van der Waals surface area contributed by atoms with Crippen LogP contribution in [0.5, 0.6) is 5.75 Å². The van der Waals surface area contributed by atoms with E-state index in [2.05, 4.69) is 38.3 Å². The second-order valence-corrected chi connectivity index (χ2v) is 6.77. The summed E-state index contributed by atoms with van der Waals surface area (Å²) in [5.74, 6) is 2.53. The number of halogens is 1. The lowest BCUT2D eigenvalue weighted by molar-refractivity contribution is 0.415. The Kier molecular flexibility index (Phi) is 5.03. The number of benzene rings is 2. The van der Waals surface area contributed by atoms with Crippen LogP contribution in [0.1, 0.15) is 5.56 Å². The number of hydrogen-bond acceptors (Lipinski definition) is 4. The minimum Gasteiger partial charge on any atom is -0.497 e. The van der Waals surface area contributed by atoms with Crippen molar-refractivity contribution in [2.75, 3.05) is 7.11 Å². The number of rotatable bonds is 5. The van der Waals surface area contributed by atoms with Crippen LogP contribution < -0.4 is 4.74 Å². The summed E-state index contributed by atoms with van der Waals surface area (Å²) in [5, 5.41) is 9.52. The van der Waals surface area contributed by atoms with Gasteiger partial charge >= 0.3 is 0 Å². The third-order valence-corrected chi connectivity index (χ3v) is 5.34. The number of ether oxygens (including phenoxy) is 1. The smallest absolute Gasteiger partial charge is 0.191 e. The first-order chi connectivity index (χ1) is 11.2. The maximum atomic E-state index is 5.19. The lowest BCUT2D eigenvalue weighted by atomic mass is 10.2. The number of aromatic nitrogens is 3. The Hall–Kier alpha value is -1.79.